The molecule has 0 spiro atoms. The van der Waals surface area contributed by atoms with Crippen molar-refractivity contribution in [2.75, 3.05) is 24.5 Å². The highest BCUT2D eigenvalue weighted by molar-refractivity contribution is 6.30. The molecule has 1 saturated heterocycles. The van der Waals surface area contributed by atoms with Crippen LogP contribution in [-0.2, 0) is 11.3 Å². The number of carbonyl (C=O) groups is 1. The molecule has 5 rings (SSSR count). The van der Waals surface area contributed by atoms with Crippen molar-refractivity contribution in [1.82, 2.24) is 24.5 Å². The second kappa shape index (κ2) is 7.76. The van der Waals surface area contributed by atoms with Gasteiger partial charge in [-0.25, -0.2) is 4.98 Å². The number of amides is 1. The van der Waals surface area contributed by atoms with Crippen LogP contribution in [0, 0.1) is 0 Å². The Hall–Kier alpha value is -3.45. The zero-order chi connectivity index (χ0) is 20.5. The number of fused-ring (bicyclic) bond motifs is 1. The summed E-state index contributed by atoms with van der Waals surface area (Å²) < 4.78 is 1.69. The lowest BCUT2D eigenvalue weighted by atomic mass is 10.1. The fraction of sp³-hybridized carbons (Fsp3) is 0.182. The van der Waals surface area contributed by atoms with Crippen LogP contribution in [0.4, 0.5) is 5.82 Å². The van der Waals surface area contributed by atoms with E-state index in [0.717, 1.165) is 22.6 Å². The van der Waals surface area contributed by atoms with E-state index in [2.05, 4.69) is 15.1 Å². The number of aromatic nitrogens is 4. The molecule has 1 fully saturated rings. The van der Waals surface area contributed by atoms with E-state index in [1.54, 1.807) is 4.52 Å². The number of piperazine rings is 1. The Morgan fingerprint density at radius 1 is 1.00 bits per heavy atom. The zero-order valence-electron chi connectivity index (χ0n) is 16.1. The zero-order valence-corrected chi connectivity index (χ0v) is 16.9. The molecule has 7 nitrogen and oxygen atoms in total. The van der Waals surface area contributed by atoms with Gasteiger partial charge in [-0.3, -0.25) is 4.79 Å². The first-order chi connectivity index (χ1) is 14.7. The van der Waals surface area contributed by atoms with Crippen LogP contribution in [0.25, 0.3) is 17.0 Å². The minimum atomic E-state index is 0.0718. The summed E-state index contributed by atoms with van der Waals surface area (Å²) in [5, 5.41) is 5.01. The lowest BCUT2D eigenvalue weighted by molar-refractivity contribution is -0.131. The molecule has 1 amide bonds. The van der Waals surface area contributed by atoms with Crippen molar-refractivity contribution in [3.05, 3.63) is 77.6 Å². The predicted molar refractivity (Wildman–Crippen MR) is 115 cm³/mol. The number of nitrogens with zero attached hydrogens (tertiary/aromatic N) is 6. The quantitative estimate of drug-likeness (QED) is 0.508. The summed E-state index contributed by atoms with van der Waals surface area (Å²) in [5.74, 6) is 1.40. The second-order valence-corrected chi connectivity index (χ2v) is 7.64. The van der Waals surface area contributed by atoms with Gasteiger partial charge in [-0.1, -0.05) is 54.1 Å². The molecule has 0 bridgehead atoms. The summed E-state index contributed by atoms with van der Waals surface area (Å²) in [4.78, 5) is 25.7. The van der Waals surface area contributed by atoms with Crippen molar-refractivity contribution < 1.29 is 4.79 Å². The van der Waals surface area contributed by atoms with Gasteiger partial charge in [-0.2, -0.15) is 14.6 Å². The fourth-order valence-corrected chi connectivity index (χ4v) is 3.79. The highest BCUT2D eigenvalue weighted by Crippen LogP contribution is 2.25. The largest absolute Gasteiger partial charge is 0.345 e. The molecule has 0 N–H and O–H groups in total. The number of carbonyl (C=O) groups excluding carboxylic acids is 1. The van der Waals surface area contributed by atoms with Crippen molar-refractivity contribution in [1.29, 1.82) is 0 Å². The van der Waals surface area contributed by atoms with Crippen LogP contribution in [0.3, 0.4) is 0 Å². The molecule has 30 heavy (non-hydrogen) atoms. The second-order valence-electron chi connectivity index (χ2n) is 7.20. The lowest BCUT2D eigenvalue weighted by Gasteiger charge is -2.35. The average Bonchev–Trinajstić information content (AvgIpc) is 3.25. The minimum absolute atomic E-state index is 0.0718. The van der Waals surface area contributed by atoms with Crippen molar-refractivity contribution in [2.24, 2.45) is 0 Å². The van der Waals surface area contributed by atoms with Crippen LogP contribution in [-0.4, -0.2) is 50.0 Å². The Kier molecular flexibility index (Phi) is 4.80. The maximum Gasteiger partial charge on any atom is 0.254 e. The van der Waals surface area contributed by atoms with E-state index in [1.807, 2.05) is 70.5 Å². The first-order valence-electron chi connectivity index (χ1n) is 9.71. The monoisotopic (exact) mass is 418 g/mol. The molecule has 0 unspecified atom stereocenters. The summed E-state index contributed by atoms with van der Waals surface area (Å²) >= 11 is 5.96. The van der Waals surface area contributed by atoms with E-state index in [-0.39, 0.29) is 12.5 Å². The Labute approximate surface area is 178 Å². The standard InChI is InChI=1S/C22H19ClN6O/c23-18-8-6-16(7-9-18)13-28-11-10-27(14-21(28)30)20-12-19(17-4-2-1-3-5-17)26-22-24-15-25-29(20)22/h1-9,12,15H,10-11,13-14H2. The molecule has 1 aliphatic heterocycles. The van der Waals surface area contributed by atoms with Gasteiger partial charge in [0.2, 0.25) is 5.91 Å². The summed E-state index contributed by atoms with van der Waals surface area (Å²) in [6.45, 7) is 2.18. The van der Waals surface area contributed by atoms with Gasteiger partial charge >= 0.3 is 0 Å². The number of hydrogen-bond donors (Lipinski definition) is 0. The van der Waals surface area contributed by atoms with Crippen LogP contribution in [0.5, 0.6) is 0 Å². The van der Waals surface area contributed by atoms with Gasteiger partial charge in [0.1, 0.15) is 12.1 Å². The van der Waals surface area contributed by atoms with E-state index in [0.29, 0.717) is 30.4 Å². The maximum atomic E-state index is 12.9. The summed E-state index contributed by atoms with van der Waals surface area (Å²) in [6.07, 6.45) is 1.49. The van der Waals surface area contributed by atoms with E-state index >= 15 is 0 Å². The van der Waals surface area contributed by atoms with Gasteiger partial charge in [-0.05, 0) is 17.7 Å². The van der Waals surface area contributed by atoms with E-state index < -0.39 is 0 Å². The average molecular weight is 419 g/mol. The van der Waals surface area contributed by atoms with E-state index in [1.165, 1.54) is 6.33 Å². The first kappa shape index (κ1) is 18.6. The molecule has 0 atom stereocenters. The molecule has 0 aliphatic carbocycles. The number of halogens is 1. The Morgan fingerprint density at radius 3 is 2.57 bits per heavy atom. The molecule has 3 heterocycles. The van der Waals surface area contributed by atoms with Crippen molar-refractivity contribution in [3.63, 3.8) is 0 Å². The topological polar surface area (TPSA) is 66.6 Å². The van der Waals surface area contributed by atoms with Crippen LogP contribution in [0.15, 0.2) is 67.0 Å². The molecular formula is C22H19ClN6O. The van der Waals surface area contributed by atoms with Crippen molar-refractivity contribution in [3.8, 4) is 11.3 Å². The molecule has 4 aromatic rings. The third-order valence-electron chi connectivity index (χ3n) is 5.23. The minimum Gasteiger partial charge on any atom is -0.345 e. The molecule has 150 valence electrons. The number of hydrogen-bond acceptors (Lipinski definition) is 5. The molecule has 0 saturated carbocycles. The third kappa shape index (κ3) is 3.59. The van der Waals surface area contributed by atoms with Crippen molar-refractivity contribution >= 4 is 29.1 Å². The number of rotatable bonds is 4. The summed E-state index contributed by atoms with van der Waals surface area (Å²) in [7, 11) is 0. The molecule has 8 heteroatoms. The SMILES string of the molecule is O=C1CN(c2cc(-c3ccccc3)nc3ncnn23)CCN1Cc1ccc(Cl)cc1. The van der Waals surface area contributed by atoms with Gasteiger partial charge in [-0.15, -0.1) is 0 Å². The van der Waals surface area contributed by atoms with Gasteiger partial charge in [0.25, 0.3) is 5.78 Å². The van der Waals surface area contributed by atoms with Gasteiger partial charge in [0.05, 0.1) is 12.2 Å². The summed E-state index contributed by atoms with van der Waals surface area (Å²) in [6, 6.07) is 19.5. The Bertz CT molecular complexity index is 1190. The predicted octanol–water partition coefficient (Wildman–Crippen LogP) is 3.29. The summed E-state index contributed by atoms with van der Waals surface area (Å²) in [5.41, 5.74) is 2.87. The maximum absolute atomic E-state index is 12.9. The molecular weight excluding hydrogens is 400 g/mol. The highest BCUT2D eigenvalue weighted by Gasteiger charge is 2.26. The number of anilines is 1. The van der Waals surface area contributed by atoms with Crippen LogP contribution < -0.4 is 4.90 Å². The smallest absolute Gasteiger partial charge is 0.254 e. The Morgan fingerprint density at radius 2 is 1.80 bits per heavy atom. The van der Waals surface area contributed by atoms with E-state index in [9.17, 15) is 4.79 Å². The van der Waals surface area contributed by atoms with Gasteiger partial charge < -0.3 is 9.80 Å². The third-order valence-corrected chi connectivity index (χ3v) is 5.48. The molecule has 0 radical (unpaired) electrons. The van der Waals surface area contributed by atoms with Crippen molar-refractivity contribution in [2.45, 2.75) is 6.54 Å². The van der Waals surface area contributed by atoms with Crippen LogP contribution in [0.2, 0.25) is 5.02 Å². The molecule has 2 aromatic heterocycles. The Balaban J connectivity index is 1.40. The van der Waals surface area contributed by atoms with E-state index in [4.69, 9.17) is 11.6 Å². The van der Waals surface area contributed by atoms with Gasteiger partial charge in [0, 0.05) is 36.3 Å². The number of benzene rings is 2. The van der Waals surface area contributed by atoms with Crippen LogP contribution >= 0.6 is 11.6 Å². The molecule has 1 aliphatic rings. The normalized spacial score (nSPS) is 14.5. The first-order valence-corrected chi connectivity index (χ1v) is 10.1. The fourth-order valence-electron chi connectivity index (χ4n) is 3.66. The molecule has 2 aromatic carbocycles. The highest BCUT2D eigenvalue weighted by atomic mass is 35.5. The van der Waals surface area contributed by atoms with Gasteiger partial charge in [0.15, 0.2) is 0 Å². The van der Waals surface area contributed by atoms with Crippen LogP contribution in [0.1, 0.15) is 5.56 Å². The lowest BCUT2D eigenvalue weighted by Crippen LogP contribution is -2.50.